The smallest absolute Gasteiger partial charge is 0.339 e. The van der Waals surface area contributed by atoms with E-state index in [1.807, 2.05) is 0 Å². The summed E-state index contributed by atoms with van der Waals surface area (Å²) in [5.41, 5.74) is 0.0532. The van der Waals surface area contributed by atoms with Gasteiger partial charge in [-0.25, -0.2) is 14.2 Å². The van der Waals surface area contributed by atoms with E-state index in [0.717, 1.165) is 0 Å². The van der Waals surface area contributed by atoms with Gasteiger partial charge in [0.1, 0.15) is 22.4 Å². The molecule has 6 heteroatoms. The second kappa shape index (κ2) is 5.01. The van der Waals surface area contributed by atoms with Crippen LogP contribution in [0.25, 0.3) is 0 Å². The number of nitrogens with zero attached hydrogens (tertiary/aromatic N) is 1. The van der Waals surface area contributed by atoms with Crippen LogP contribution in [0.2, 0.25) is 5.15 Å². The zero-order chi connectivity index (χ0) is 13.1. The molecule has 1 aromatic heterocycles. The number of carboxylic acids is 1. The standard InChI is InChI=1S/C12H8ClFN2O2/c13-10-6-5-7(12(17)18)11(16-10)15-9-4-2-1-3-8(9)14/h1-6H,(H,15,16)(H,17,18). The van der Waals surface area contributed by atoms with Gasteiger partial charge in [-0.2, -0.15) is 0 Å². The number of aromatic nitrogens is 1. The third-order valence-electron chi connectivity index (χ3n) is 2.22. The first-order valence-electron chi connectivity index (χ1n) is 4.99. The van der Waals surface area contributed by atoms with Crippen LogP contribution in [0.3, 0.4) is 0 Å². The molecule has 0 saturated heterocycles. The third-order valence-corrected chi connectivity index (χ3v) is 2.43. The summed E-state index contributed by atoms with van der Waals surface area (Å²) in [6, 6.07) is 8.55. The first-order valence-corrected chi connectivity index (χ1v) is 5.37. The normalized spacial score (nSPS) is 10.1. The molecule has 0 fully saturated rings. The molecule has 1 aromatic carbocycles. The molecule has 0 spiro atoms. The van der Waals surface area contributed by atoms with Crippen LogP contribution in [-0.4, -0.2) is 16.1 Å². The Hall–Kier alpha value is -2.14. The summed E-state index contributed by atoms with van der Waals surface area (Å²) in [7, 11) is 0. The highest BCUT2D eigenvalue weighted by molar-refractivity contribution is 6.29. The van der Waals surface area contributed by atoms with Crippen molar-refractivity contribution >= 4 is 29.1 Å². The summed E-state index contributed by atoms with van der Waals surface area (Å²) in [5, 5.41) is 11.7. The number of carbonyl (C=O) groups is 1. The van der Waals surface area contributed by atoms with Gasteiger partial charge in [-0.1, -0.05) is 23.7 Å². The van der Waals surface area contributed by atoms with Crippen LogP contribution in [0.1, 0.15) is 10.4 Å². The van der Waals surface area contributed by atoms with Gasteiger partial charge >= 0.3 is 5.97 Å². The molecule has 1 heterocycles. The zero-order valence-corrected chi connectivity index (χ0v) is 9.78. The van der Waals surface area contributed by atoms with Crippen molar-refractivity contribution < 1.29 is 14.3 Å². The lowest BCUT2D eigenvalue weighted by atomic mass is 10.2. The van der Waals surface area contributed by atoms with E-state index in [0.29, 0.717) is 0 Å². The molecule has 0 radical (unpaired) electrons. The predicted octanol–water partition coefficient (Wildman–Crippen LogP) is 3.32. The minimum absolute atomic E-state index is 0.0000926. The first kappa shape index (κ1) is 12.3. The van der Waals surface area contributed by atoms with Crippen LogP contribution in [-0.2, 0) is 0 Å². The molecule has 92 valence electrons. The molecular formula is C12H8ClFN2O2. The average molecular weight is 267 g/mol. The summed E-state index contributed by atoms with van der Waals surface area (Å²) < 4.78 is 13.4. The maximum atomic E-state index is 13.4. The molecule has 0 aliphatic heterocycles. The van der Waals surface area contributed by atoms with Gasteiger partial charge < -0.3 is 10.4 Å². The minimum Gasteiger partial charge on any atom is -0.478 e. The van der Waals surface area contributed by atoms with E-state index in [4.69, 9.17) is 16.7 Å². The molecule has 0 aliphatic rings. The summed E-state index contributed by atoms with van der Waals surface area (Å²) in [6.07, 6.45) is 0. The van der Waals surface area contributed by atoms with Crippen molar-refractivity contribution in [3.8, 4) is 0 Å². The monoisotopic (exact) mass is 266 g/mol. The van der Waals surface area contributed by atoms with Crippen molar-refractivity contribution in [2.75, 3.05) is 5.32 Å². The highest BCUT2D eigenvalue weighted by Gasteiger charge is 2.13. The Morgan fingerprint density at radius 1 is 1.28 bits per heavy atom. The number of anilines is 2. The number of nitrogens with one attached hydrogen (secondary N) is 1. The van der Waals surface area contributed by atoms with Crippen LogP contribution in [0.5, 0.6) is 0 Å². The van der Waals surface area contributed by atoms with Crippen LogP contribution in [0, 0.1) is 5.82 Å². The fourth-order valence-electron chi connectivity index (χ4n) is 1.39. The van der Waals surface area contributed by atoms with Crippen molar-refractivity contribution in [1.29, 1.82) is 0 Å². The lowest BCUT2D eigenvalue weighted by Crippen LogP contribution is -2.05. The van der Waals surface area contributed by atoms with Crippen LogP contribution < -0.4 is 5.32 Å². The van der Waals surface area contributed by atoms with E-state index in [9.17, 15) is 9.18 Å². The van der Waals surface area contributed by atoms with E-state index in [1.54, 1.807) is 6.07 Å². The van der Waals surface area contributed by atoms with E-state index in [2.05, 4.69) is 10.3 Å². The predicted molar refractivity (Wildman–Crippen MR) is 65.9 cm³/mol. The lowest BCUT2D eigenvalue weighted by molar-refractivity contribution is 0.0697. The molecule has 4 nitrogen and oxygen atoms in total. The summed E-state index contributed by atoms with van der Waals surface area (Å²) >= 11 is 5.69. The van der Waals surface area contributed by atoms with Gasteiger partial charge in [0.15, 0.2) is 0 Å². The average Bonchev–Trinajstić information content (AvgIpc) is 2.32. The summed E-state index contributed by atoms with van der Waals surface area (Å²) in [4.78, 5) is 14.8. The van der Waals surface area contributed by atoms with Crippen molar-refractivity contribution in [3.63, 3.8) is 0 Å². The van der Waals surface area contributed by atoms with E-state index >= 15 is 0 Å². The topological polar surface area (TPSA) is 62.2 Å². The Morgan fingerprint density at radius 3 is 2.67 bits per heavy atom. The van der Waals surface area contributed by atoms with Gasteiger partial charge in [-0.15, -0.1) is 0 Å². The maximum absolute atomic E-state index is 13.4. The number of hydrogen-bond acceptors (Lipinski definition) is 3. The molecule has 0 saturated carbocycles. The highest BCUT2D eigenvalue weighted by Crippen LogP contribution is 2.23. The largest absolute Gasteiger partial charge is 0.478 e. The second-order valence-electron chi connectivity index (χ2n) is 3.44. The van der Waals surface area contributed by atoms with E-state index in [-0.39, 0.29) is 22.2 Å². The molecule has 0 bridgehead atoms. The number of carboxylic acid groups (broad SMARTS) is 1. The van der Waals surface area contributed by atoms with Crippen LogP contribution in [0.4, 0.5) is 15.9 Å². The maximum Gasteiger partial charge on any atom is 0.339 e. The lowest BCUT2D eigenvalue weighted by Gasteiger charge is -2.09. The number of para-hydroxylation sites is 1. The summed E-state index contributed by atoms with van der Waals surface area (Å²) in [5.74, 6) is -1.67. The van der Waals surface area contributed by atoms with Crippen molar-refractivity contribution in [2.24, 2.45) is 0 Å². The minimum atomic E-state index is -1.17. The molecule has 2 rings (SSSR count). The third kappa shape index (κ3) is 2.57. The van der Waals surface area contributed by atoms with Crippen molar-refractivity contribution in [2.45, 2.75) is 0 Å². The molecule has 0 amide bonds. The number of benzene rings is 1. The van der Waals surface area contributed by atoms with E-state index < -0.39 is 11.8 Å². The SMILES string of the molecule is O=C(O)c1ccc(Cl)nc1Nc1ccccc1F. The van der Waals surface area contributed by atoms with Crippen molar-refractivity contribution in [1.82, 2.24) is 4.98 Å². The Kier molecular flexibility index (Phi) is 3.43. The van der Waals surface area contributed by atoms with Gasteiger partial charge in [0, 0.05) is 0 Å². The molecular weight excluding hydrogens is 259 g/mol. The quantitative estimate of drug-likeness (QED) is 0.837. The van der Waals surface area contributed by atoms with Gasteiger partial charge in [-0.3, -0.25) is 0 Å². The fraction of sp³-hybridized carbons (Fsp3) is 0. The first-order chi connectivity index (χ1) is 8.58. The van der Waals surface area contributed by atoms with Crippen LogP contribution in [0.15, 0.2) is 36.4 Å². The molecule has 0 unspecified atom stereocenters. The number of rotatable bonds is 3. The van der Waals surface area contributed by atoms with Crippen LogP contribution >= 0.6 is 11.6 Å². The van der Waals surface area contributed by atoms with Crippen molar-refractivity contribution in [3.05, 3.63) is 52.9 Å². The number of pyridine rings is 1. The Balaban J connectivity index is 2.42. The zero-order valence-electron chi connectivity index (χ0n) is 9.02. The summed E-state index contributed by atoms with van der Waals surface area (Å²) in [6.45, 7) is 0. The molecule has 18 heavy (non-hydrogen) atoms. The van der Waals surface area contributed by atoms with Gasteiger partial charge in [0.2, 0.25) is 0 Å². The molecule has 0 aliphatic carbocycles. The Morgan fingerprint density at radius 2 is 2.00 bits per heavy atom. The molecule has 2 N–H and O–H groups in total. The Labute approximate surface area is 107 Å². The van der Waals surface area contributed by atoms with Gasteiger partial charge in [0.05, 0.1) is 5.69 Å². The highest BCUT2D eigenvalue weighted by atomic mass is 35.5. The number of hydrogen-bond donors (Lipinski definition) is 2. The second-order valence-corrected chi connectivity index (χ2v) is 3.83. The molecule has 2 aromatic rings. The van der Waals surface area contributed by atoms with E-state index in [1.165, 1.54) is 30.3 Å². The van der Waals surface area contributed by atoms with Gasteiger partial charge in [0.25, 0.3) is 0 Å². The molecule has 0 atom stereocenters. The number of aromatic carboxylic acids is 1. The Bertz CT molecular complexity index is 604. The number of halogens is 2. The fourth-order valence-corrected chi connectivity index (χ4v) is 1.54. The van der Waals surface area contributed by atoms with Gasteiger partial charge in [-0.05, 0) is 24.3 Å².